The first-order valence-corrected chi connectivity index (χ1v) is 11.2. The molecule has 2 aromatic rings. The Morgan fingerprint density at radius 3 is 2.28 bits per heavy atom. The maximum Gasteiger partial charge on any atom is 0.343 e. The van der Waals surface area contributed by atoms with Gasteiger partial charge in [-0.05, 0) is 48.7 Å². The SMILES string of the molecule is COc1cc(/C=C(\C#N)C(=O)NC[C@@H]2CCCO2)ccc1OC(=O)c1cc(OC)c(OC)c(OC)c1. The molecule has 1 amide bonds. The average molecular weight is 497 g/mol. The number of nitrogens with zero attached hydrogens (tertiary/aromatic N) is 1. The Labute approximate surface area is 209 Å². The molecule has 1 aliphatic rings. The normalized spacial score (nSPS) is 15.0. The molecule has 1 heterocycles. The molecule has 0 aliphatic carbocycles. The second kappa shape index (κ2) is 12.5. The van der Waals surface area contributed by atoms with Gasteiger partial charge in [0.2, 0.25) is 5.75 Å². The van der Waals surface area contributed by atoms with Crippen LogP contribution < -0.4 is 29.0 Å². The van der Waals surface area contributed by atoms with Crippen LogP contribution in [0.5, 0.6) is 28.7 Å². The zero-order chi connectivity index (χ0) is 26.1. The van der Waals surface area contributed by atoms with E-state index in [4.69, 9.17) is 28.4 Å². The quantitative estimate of drug-likeness (QED) is 0.228. The third-order valence-corrected chi connectivity index (χ3v) is 5.48. The summed E-state index contributed by atoms with van der Waals surface area (Å²) in [5.74, 6) is 0.165. The molecule has 0 aromatic heterocycles. The van der Waals surface area contributed by atoms with Gasteiger partial charge in [0.1, 0.15) is 11.6 Å². The molecule has 2 aromatic carbocycles. The summed E-state index contributed by atoms with van der Waals surface area (Å²) in [7, 11) is 5.77. The topological polar surface area (TPSA) is 125 Å². The number of rotatable bonds is 10. The first-order chi connectivity index (χ1) is 17.4. The van der Waals surface area contributed by atoms with E-state index in [0.29, 0.717) is 36.0 Å². The minimum absolute atomic E-state index is 0.0337. The summed E-state index contributed by atoms with van der Waals surface area (Å²) in [4.78, 5) is 25.3. The highest BCUT2D eigenvalue weighted by atomic mass is 16.6. The van der Waals surface area contributed by atoms with Gasteiger partial charge in [-0.15, -0.1) is 0 Å². The minimum Gasteiger partial charge on any atom is -0.493 e. The van der Waals surface area contributed by atoms with Gasteiger partial charge in [0, 0.05) is 13.2 Å². The van der Waals surface area contributed by atoms with Gasteiger partial charge in [0.05, 0.1) is 40.1 Å². The zero-order valence-electron chi connectivity index (χ0n) is 20.6. The van der Waals surface area contributed by atoms with E-state index in [1.807, 2.05) is 6.07 Å². The van der Waals surface area contributed by atoms with Crippen LogP contribution in [0.2, 0.25) is 0 Å². The van der Waals surface area contributed by atoms with Crippen LogP contribution in [0.1, 0.15) is 28.8 Å². The number of amides is 1. The zero-order valence-corrected chi connectivity index (χ0v) is 20.6. The van der Waals surface area contributed by atoms with Crippen molar-refractivity contribution in [3.63, 3.8) is 0 Å². The molecule has 1 saturated heterocycles. The summed E-state index contributed by atoms with van der Waals surface area (Å²) >= 11 is 0. The fraction of sp³-hybridized carbons (Fsp3) is 0.346. The summed E-state index contributed by atoms with van der Waals surface area (Å²) in [6, 6.07) is 9.53. The monoisotopic (exact) mass is 496 g/mol. The second-order valence-electron chi connectivity index (χ2n) is 7.73. The van der Waals surface area contributed by atoms with E-state index >= 15 is 0 Å². The lowest BCUT2D eigenvalue weighted by Crippen LogP contribution is -2.32. The van der Waals surface area contributed by atoms with Crippen LogP contribution in [0.15, 0.2) is 35.9 Å². The minimum atomic E-state index is -0.679. The molecule has 0 spiro atoms. The first kappa shape index (κ1) is 26.4. The molecular weight excluding hydrogens is 468 g/mol. The van der Waals surface area contributed by atoms with E-state index in [1.165, 1.54) is 52.7 Å². The maximum atomic E-state index is 12.8. The van der Waals surface area contributed by atoms with Crippen molar-refractivity contribution < 1.29 is 38.0 Å². The number of carbonyl (C=O) groups is 2. The third-order valence-electron chi connectivity index (χ3n) is 5.48. The van der Waals surface area contributed by atoms with Crippen molar-refractivity contribution >= 4 is 18.0 Å². The predicted octanol–water partition coefficient (Wildman–Crippen LogP) is 3.14. The molecule has 0 radical (unpaired) electrons. The van der Waals surface area contributed by atoms with Crippen molar-refractivity contribution in [1.29, 1.82) is 5.26 Å². The van der Waals surface area contributed by atoms with Gasteiger partial charge in [0.25, 0.3) is 5.91 Å². The molecule has 3 rings (SSSR count). The van der Waals surface area contributed by atoms with Crippen molar-refractivity contribution in [2.24, 2.45) is 0 Å². The Morgan fingerprint density at radius 1 is 1.03 bits per heavy atom. The molecule has 1 fully saturated rings. The van der Waals surface area contributed by atoms with Crippen LogP contribution >= 0.6 is 0 Å². The number of hydrogen-bond donors (Lipinski definition) is 1. The average Bonchev–Trinajstić information content (AvgIpc) is 3.43. The van der Waals surface area contributed by atoms with Crippen molar-refractivity contribution in [1.82, 2.24) is 5.32 Å². The lowest BCUT2D eigenvalue weighted by atomic mass is 10.1. The van der Waals surface area contributed by atoms with Gasteiger partial charge in [-0.2, -0.15) is 5.26 Å². The maximum absolute atomic E-state index is 12.8. The van der Waals surface area contributed by atoms with E-state index in [2.05, 4.69) is 5.32 Å². The van der Waals surface area contributed by atoms with Crippen molar-refractivity contribution in [2.75, 3.05) is 41.6 Å². The van der Waals surface area contributed by atoms with Gasteiger partial charge < -0.3 is 33.7 Å². The lowest BCUT2D eigenvalue weighted by Gasteiger charge is -2.14. The number of benzene rings is 2. The Balaban J connectivity index is 1.78. The fourth-order valence-electron chi connectivity index (χ4n) is 3.64. The fourth-order valence-corrected chi connectivity index (χ4v) is 3.64. The standard InChI is InChI=1S/C26H28N2O8/c1-31-21-11-16(10-18(14-27)25(29)28-15-19-6-5-9-35-19)7-8-20(21)36-26(30)17-12-22(32-2)24(34-4)23(13-17)33-3/h7-8,10-13,19H,5-6,9,15H2,1-4H3,(H,28,29)/b18-10+/t19-/m0/s1. The van der Waals surface area contributed by atoms with Crippen LogP contribution in [0.25, 0.3) is 6.08 Å². The van der Waals surface area contributed by atoms with Gasteiger partial charge >= 0.3 is 5.97 Å². The third kappa shape index (κ3) is 6.25. The number of esters is 1. The van der Waals surface area contributed by atoms with Gasteiger partial charge in [0.15, 0.2) is 23.0 Å². The number of methoxy groups -OCH3 is 4. The smallest absolute Gasteiger partial charge is 0.343 e. The number of carbonyl (C=O) groups excluding carboxylic acids is 2. The summed E-state index contributed by atoms with van der Waals surface area (Å²) in [6.45, 7) is 1.02. The van der Waals surface area contributed by atoms with Gasteiger partial charge in [-0.25, -0.2) is 4.79 Å². The molecule has 1 aliphatic heterocycles. The predicted molar refractivity (Wildman–Crippen MR) is 130 cm³/mol. The van der Waals surface area contributed by atoms with E-state index in [9.17, 15) is 14.9 Å². The number of nitriles is 1. The molecule has 0 saturated carbocycles. The highest BCUT2D eigenvalue weighted by Gasteiger charge is 2.20. The molecule has 10 nitrogen and oxygen atoms in total. The molecule has 0 bridgehead atoms. The van der Waals surface area contributed by atoms with Crippen LogP contribution in [-0.2, 0) is 9.53 Å². The highest BCUT2D eigenvalue weighted by molar-refractivity contribution is 6.01. The molecule has 0 unspecified atom stereocenters. The molecule has 10 heteroatoms. The first-order valence-electron chi connectivity index (χ1n) is 11.2. The van der Waals surface area contributed by atoms with E-state index in [-0.39, 0.29) is 28.7 Å². The van der Waals surface area contributed by atoms with Crippen molar-refractivity contribution in [2.45, 2.75) is 18.9 Å². The lowest BCUT2D eigenvalue weighted by molar-refractivity contribution is -0.117. The summed E-state index contributed by atoms with van der Waals surface area (Å²) in [5.41, 5.74) is 0.616. The Hall–Kier alpha value is -4.23. The molecular formula is C26H28N2O8. The van der Waals surface area contributed by atoms with Gasteiger partial charge in [-0.3, -0.25) is 4.79 Å². The Bertz CT molecular complexity index is 1150. The van der Waals surface area contributed by atoms with Gasteiger partial charge in [-0.1, -0.05) is 6.07 Å². The Kier molecular flexibility index (Phi) is 9.13. The molecule has 36 heavy (non-hydrogen) atoms. The highest BCUT2D eigenvalue weighted by Crippen LogP contribution is 2.39. The summed E-state index contributed by atoms with van der Waals surface area (Å²) < 4.78 is 32.2. The van der Waals surface area contributed by atoms with E-state index in [1.54, 1.807) is 12.1 Å². The summed E-state index contributed by atoms with van der Waals surface area (Å²) in [6.07, 6.45) is 3.23. The molecule has 1 atom stereocenters. The van der Waals surface area contributed by atoms with E-state index in [0.717, 1.165) is 12.8 Å². The number of ether oxygens (including phenoxy) is 6. The second-order valence-corrected chi connectivity index (χ2v) is 7.73. The largest absolute Gasteiger partial charge is 0.493 e. The number of nitrogens with one attached hydrogen (secondary N) is 1. The van der Waals surface area contributed by atoms with Crippen LogP contribution in [0.4, 0.5) is 0 Å². The van der Waals surface area contributed by atoms with Crippen LogP contribution in [0.3, 0.4) is 0 Å². The van der Waals surface area contributed by atoms with Crippen LogP contribution in [0, 0.1) is 11.3 Å². The summed E-state index contributed by atoms with van der Waals surface area (Å²) in [5, 5.41) is 12.2. The molecule has 1 N–H and O–H groups in total. The Morgan fingerprint density at radius 2 is 1.72 bits per heavy atom. The van der Waals surface area contributed by atoms with Crippen LogP contribution in [-0.4, -0.2) is 59.6 Å². The van der Waals surface area contributed by atoms with E-state index < -0.39 is 11.9 Å². The van der Waals surface area contributed by atoms with Crippen molar-refractivity contribution in [3.8, 4) is 34.8 Å². The van der Waals surface area contributed by atoms with Crippen molar-refractivity contribution in [3.05, 3.63) is 47.0 Å². The number of hydrogen-bond acceptors (Lipinski definition) is 9. The molecule has 190 valence electrons.